The van der Waals surface area contributed by atoms with Gasteiger partial charge in [-0.2, -0.15) is 0 Å². The molecule has 0 radical (unpaired) electrons. The van der Waals surface area contributed by atoms with Gasteiger partial charge < -0.3 is 10.2 Å². The second-order valence-corrected chi connectivity index (χ2v) is 8.16. The first-order valence-electron chi connectivity index (χ1n) is 10.4. The van der Waals surface area contributed by atoms with E-state index >= 15 is 0 Å². The van der Waals surface area contributed by atoms with E-state index in [4.69, 9.17) is 11.6 Å². The van der Waals surface area contributed by atoms with Crippen LogP contribution in [0, 0.1) is 0 Å². The fourth-order valence-corrected chi connectivity index (χ4v) is 4.07. The third kappa shape index (κ3) is 6.07. The third-order valence-electron chi connectivity index (χ3n) is 5.65. The van der Waals surface area contributed by atoms with Crippen LogP contribution in [-0.2, 0) is 22.4 Å². The number of benzene rings is 2. The molecule has 1 atom stereocenters. The number of nitrogens with zero attached hydrogens (tertiary/aromatic N) is 1. The summed E-state index contributed by atoms with van der Waals surface area (Å²) >= 11 is 6.25. The van der Waals surface area contributed by atoms with Crippen molar-refractivity contribution >= 4 is 23.4 Å². The molecule has 1 N–H and O–H groups in total. The number of nitrogens with one attached hydrogen (secondary N) is 1. The highest BCUT2D eigenvalue weighted by Crippen LogP contribution is 2.19. The van der Waals surface area contributed by atoms with Crippen LogP contribution in [0.15, 0.2) is 54.6 Å². The molecular formula is C24H29ClN2O2. The van der Waals surface area contributed by atoms with Crippen LogP contribution in [0.4, 0.5) is 0 Å². The molecule has 1 aliphatic rings. The van der Waals surface area contributed by atoms with E-state index < -0.39 is 6.04 Å². The van der Waals surface area contributed by atoms with Gasteiger partial charge in [-0.3, -0.25) is 9.59 Å². The van der Waals surface area contributed by atoms with Crippen molar-refractivity contribution in [2.24, 2.45) is 0 Å². The van der Waals surface area contributed by atoms with Crippen molar-refractivity contribution in [2.75, 3.05) is 6.54 Å². The maximum absolute atomic E-state index is 13.2. The molecule has 3 rings (SSSR count). The highest BCUT2D eigenvalue weighted by Gasteiger charge is 2.28. The van der Waals surface area contributed by atoms with Gasteiger partial charge in [-0.15, -0.1) is 0 Å². The maximum atomic E-state index is 13.2. The van der Waals surface area contributed by atoms with Crippen LogP contribution in [0.5, 0.6) is 0 Å². The van der Waals surface area contributed by atoms with Gasteiger partial charge in [0.25, 0.3) is 0 Å². The fourth-order valence-electron chi connectivity index (χ4n) is 3.87. The maximum Gasteiger partial charge on any atom is 0.242 e. The molecule has 0 saturated heterocycles. The van der Waals surface area contributed by atoms with Gasteiger partial charge in [0.05, 0.1) is 6.42 Å². The molecule has 1 fully saturated rings. The lowest BCUT2D eigenvalue weighted by Crippen LogP contribution is -2.51. The van der Waals surface area contributed by atoms with E-state index in [2.05, 4.69) is 5.32 Å². The molecule has 4 nitrogen and oxygen atoms in total. The summed E-state index contributed by atoms with van der Waals surface area (Å²) in [5.41, 5.74) is 1.93. The van der Waals surface area contributed by atoms with E-state index in [1.165, 1.54) is 0 Å². The van der Waals surface area contributed by atoms with Crippen LogP contribution in [0.25, 0.3) is 0 Å². The summed E-state index contributed by atoms with van der Waals surface area (Å²) in [5, 5.41) is 3.70. The predicted octanol–water partition coefficient (Wildman–Crippen LogP) is 4.40. The zero-order valence-corrected chi connectivity index (χ0v) is 17.7. The lowest BCUT2D eigenvalue weighted by atomic mass is 10.1. The minimum Gasteiger partial charge on any atom is -0.352 e. The van der Waals surface area contributed by atoms with Crippen molar-refractivity contribution in [2.45, 2.75) is 57.5 Å². The molecule has 0 heterocycles. The van der Waals surface area contributed by atoms with Gasteiger partial charge in [0.15, 0.2) is 0 Å². The van der Waals surface area contributed by atoms with Crippen molar-refractivity contribution in [1.82, 2.24) is 10.2 Å². The van der Waals surface area contributed by atoms with Gasteiger partial charge >= 0.3 is 0 Å². The Bertz CT molecular complexity index is 819. The summed E-state index contributed by atoms with van der Waals surface area (Å²) in [4.78, 5) is 27.7. The second-order valence-electron chi connectivity index (χ2n) is 7.76. The Morgan fingerprint density at radius 3 is 2.41 bits per heavy atom. The number of halogens is 1. The van der Waals surface area contributed by atoms with Crippen molar-refractivity contribution < 1.29 is 9.59 Å². The third-order valence-corrected chi connectivity index (χ3v) is 6.02. The smallest absolute Gasteiger partial charge is 0.242 e. The first kappa shape index (κ1) is 21.4. The normalized spacial score (nSPS) is 15.1. The van der Waals surface area contributed by atoms with Gasteiger partial charge in [0.1, 0.15) is 6.04 Å². The topological polar surface area (TPSA) is 49.4 Å². The van der Waals surface area contributed by atoms with Crippen LogP contribution in [0.3, 0.4) is 0 Å². The number of amides is 2. The summed E-state index contributed by atoms with van der Waals surface area (Å²) in [6.45, 7) is 2.31. The van der Waals surface area contributed by atoms with Gasteiger partial charge in [-0.05, 0) is 43.4 Å². The highest BCUT2D eigenvalue weighted by molar-refractivity contribution is 6.31. The average Bonchev–Trinajstić information content (AvgIpc) is 3.23. The van der Waals surface area contributed by atoms with E-state index in [0.717, 1.165) is 36.8 Å². The van der Waals surface area contributed by atoms with Crippen LogP contribution >= 0.6 is 11.6 Å². The Hall–Kier alpha value is -2.33. The largest absolute Gasteiger partial charge is 0.352 e. The standard InChI is InChI=1S/C24H29ClN2O2/c1-18(24(29)26-21-12-6-7-13-21)27(16-15-19-9-3-2-4-10-19)23(28)17-20-11-5-8-14-22(20)25/h2-5,8-11,14,18,21H,6-7,12-13,15-17H2,1H3,(H,26,29)/t18-/m1/s1. The molecule has 1 saturated carbocycles. The molecule has 2 aromatic carbocycles. The average molecular weight is 413 g/mol. The van der Waals surface area contributed by atoms with E-state index in [1.807, 2.05) is 55.5 Å². The SMILES string of the molecule is C[C@H](C(=O)NC1CCCC1)N(CCc1ccccc1)C(=O)Cc1ccccc1Cl. The number of hydrogen-bond donors (Lipinski definition) is 1. The van der Waals surface area contributed by atoms with E-state index in [9.17, 15) is 9.59 Å². The highest BCUT2D eigenvalue weighted by atomic mass is 35.5. The molecule has 2 aromatic rings. The zero-order chi connectivity index (χ0) is 20.6. The number of hydrogen-bond acceptors (Lipinski definition) is 2. The first-order valence-corrected chi connectivity index (χ1v) is 10.8. The number of carbonyl (C=O) groups excluding carboxylic acids is 2. The van der Waals surface area contributed by atoms with Crippen LogP contribution in [0.2, 0.25) is 5.02 Å². The minimum atomic E-state index is -0.519. The lowest BCUT2D eigenvalue weighted by Gasteiger charge is -2.30. The van der Waals surface area contributed by atoms with Gasteiger partial charge in [0.2, 0.25) is 11.8 Å². The summed E-state index contributed by atoms with van der Waals surface area (Å²) in [6, 6.07) is 17.1. The summed E-state index contributed by atoms with van der Waals surface area (Å²) in [5.74, 6) is -0.152. The molecular weight excluding hydrogens is 384 g/mol. The predicted molar refractivity (Wildman–Crippen MR) is 117 cm³/mol. The molecule has 0 aliphatic heterocycles. The molecule has 5 heteroatoms. The number of carbonyl (C=O) groups is 2. The van der Waals surface area contributed by atoms with Gasteiger partial charge in [-0.25, -0.2) is 0 Å². The molecule has 1 aliphatic carbocycles. The Kier molecular flexibility index (Phi) is 7.70. The summed E-state index contributed by atoms with van der Waals surface area (Å²) in [6.07, 6.45) is 5.25. The Labute approximate surface area is 178 Å². The van der Waals surface area contributed by atoms with Gasteiger partial charge in [0, 0.05) is 17.6 Å². The molecule has 0 unspecified atom stereocenters. The monoisotopic (exact) mass is 412 g/mol. The molecule has 0 spiro atoms. The number of rotatable bonds is 8. The van der Waals surface area contributed by atoms with Crippen molar-refractivity contribution in [1.29, 1.82) is 0 Å². The van der Waals surface area contributed by atoms with E-state index in [0.29, 0.717) is 18.0 Å². The molecule has 0 aromatic heterocycles. The van der Waals surface area contributed by atoms with Crippen LogP contribution < -0.4 is 5.32 Å². The summed E-state index contributed by atoms with van der Waals surface area (Å²) in [7, 11) is 0. The quantitative estimate of drug-likeness (QED) is 0.698. The van der Waals surface area contributed by atoms with Crippen molar-refractivity contribution in [3.05, 3.63) is 70.7 Å². The Morgan fingerprint density at radius 1 is 1.07 bits per heavy atom. The summed E-state index contributed by atoms with van der Waals surface area (Å²) < 4.78 is 0. The minimum absolute atomic E-state index is 0.0718. The van der Waals surface area contributed by atoms with Crippen LogP contribution in [0.1, 0.15) is 43.7 Å². The van der Waals surface area contributed by atoms with E-state index in [-0.39, 0.29) is 24.3 Å². The lowest BCUT2D eigenvalue weighted by molar-refractivity contribution is -0.139. The Morgan fingerprint density at radius 2 is 1.72 bits per heavy atom. The van der Waals surface area contributed by atoms with Gasteiger partial charge in [-0.1, -0.05) is 73.0 Å². The first-order chi connectivity index (χ1) is 14.0. The zero-order valence-electron chi connectivity index (χ0n) is 16.9. The van der Waals surface area contributed by atoms with Crippen molar-refractivity contribution in [3.63, 3.8) is 0 Å². The second kappa shape index (κ2) is 10.4. The molecule has 29 heavy (non-hydrogen) atoms. The molecule has 0 bridgehead atoms. The van der Waals surface area contributed by atoms with Crippen molar-refractivity contribution in [3.8, 4) is 0 Å². The molecule has 2 amide bonds. The Balaban J connectivity index is 1.71. The van der Waals surface area contributed by atoms with E-state index in [1.54, 1.807) is 11.0 Å². The molecule has 154 valence electrons. The van der Waals surface area contributed by atoms with Crippen LogP contribution in [-0.4, -0.2) is 35.3 Å². The fraction of sp³-hybridized carbons (Fsp3) is 0.417.